The molecule has 0 spiro atoms. The first-order valence-electron chi connectivity index (χ1n) is 4.61. The van der Waals surface area contributed by atoms with Crippen LogP contribution >= 0.6 is 11.6 Å². The molecule has 1 aromatic carbocycles. The van der Waals surface area contributed by atoms with E-state index < -0.39 is 15.5 Å². The zero-order valence-corrected chi connectivity index (χ0v) is 9.90. The molecule has 0 unspecified atom stereocenters. The largest absolute Gasteiger partial charge is 0.516 e. The highest BCUT2D eigenvalue weighted by Gasteiger charge is 2.51. The van der Waals surface area contributed by atoms with Crippen molar-refractivity contribution in [2.75, 3.05) is 10.8 Å². The van der Waals surface area contributed by atoms with Gasteiger partial charge in [-0.25, -0.2) is 0 Å². The van der Waals surface area contributed by atoms with Gasteiger partial charge in [-0.2, -0.15) is 21.6 Å². The monoisotopic (exact) mass is 285 g/mol. The Morgan fingerprint density at radius 1 is 1.29 bits per heavy atom. The summed E-state index contributed by atoms with van der Waals surface area (Å²) in [5.41, 5.74) is -4.85. The average molecular weight is 286 g/mol. The summed E-state index contributed by atoms with van der Waals surface area (Å²) in [6.07, 6.45) is 0.185. The van der Waals surface area contributed by atoms with Crippen molar-refractivity contribution in [3.8, 4) is 0 Å². The number of hydrogen-bond acceptors (Lipinski definition) is 2. The molecule has 1 aliphatic rings. The van der Waals surface area contributed by atoms with Crippen molar-refractivity contribution in [3.05, 3.63) is 28.8 Å². The molecule has 0 saturated heterocycles. The number of sulfonamides is 1. The van der Waals surface area contributed by atoms with Gasteiger partial charge in [0, 0.05) is 11.6 Å². The van der Waals surface area contributed by atoms with Crippen LogP contribution in [0.5, 0.6) is 0 Å². The highest BCUT2D eigenvalue weighted by Crippen LogP contribution is 2.39. The molecule has 94 valence electrons. The van der Waals surface area contributed by atoms with Crippen LogP contribution < -0.4 is 4.31 Å². The SMILES string of the molecule is O=S(=O)(N1CCc2c(Cl)cccc21)C(F)(F)F. The smallest absolute Gasteiger partial charge is 0.262 e. The van der Waals surface area contributed by atoms with E-state index in [-0.39, 0.29) is 23.7 Å². The average Bonchev–Trinajstić information content (AvgIpc) is 2.61. The molecule has 17 heavy (non-hydrogen) atoms. The molecule has 2 rings (SSSR count). The van der Waals surface area contributed by atoms with Gasteiger partial charge in [0.05, 0.1) is 5.69 Å². The zero-order chi connectivity index (χ0) is 12.8. The third-order valence-electron chi connectivity index (χ3n) is 2.51. The molecule has 8 heteroatoms. The summed E-state index contributed by atoms with van der Waals surface area (Å²) in [5.74, 6) is 0. The van der Waals surface area contributed by atoms with E-state index in [4.69, 9.17) is 11.6 Å². The number of alkyl halides is 3. The van der Waals surface area contributed by atoms with E-state index in [0.717, 1.165) is 0 Å². The number of anilines is 1. The number of hydrogen-bond donors (Lipinski definition) is 0. The van der Waals surface area contributed by atoms with E-state index in [1.54, 1.807) is 0 Å². The lowest BCUT2D eigenvalue weighted by molar-refractivity contribution is -0.0437. The zero-order valence-electron chi connectivity index (χ0n) is 8.33. The molecular formula is C9H7ClF3NO2S. The lowest BCUT2D eigenvalue weighted by Crippen LogP contribution is -2.39. The quantitative estimate of drug-likeness (QED) is 0.795. The number of benzene rings is 1. The Balaban J connectivity index is 2.52. The van der Waals surface area contributed by atoms with Gasteiger partial charge in [0.2, 0.25) is 0 Å². The predicted molar refractivity (Wildman–Crippen MR) is 57.5 cm³/mol. The molecule has 0 bridgehead atoms. The van der Waals surface area contributed by atoms with Crippen LogP contribution in [0.4, 0.5) is 18.9 Å². The van der Waals surface area contributed by atoms with E-state index in [1.807, 2.05) is 0 Å². The maximum absolute atomic E-state index is 12.4. The van der Waals surface area contributed by atoms with Crippen molar-refractivity contribution in [2.24, 2.45) is 0 Å². The summed E-state index contributed by atoms with van der Waals surface area (Å²) in [6, 6.07) is 4.26. The van der Waals surface area contributed by atoms with Gasteiger partial charge in [-0.15, -0.1) is 0 Å². The third kappa shape index (κ3) is 1.87. The van der Waals surface area contributed by atoms with Crippen molar-refractivity contribution < 1.29 is 21.6 Å². The lowest BCUT2D eigenvalue weighted by Gasteiger charge is -2.20. The van der Waals surface area contributed by atoms with Crippen LogP contribution in [0.3, 0.4) is 0 Å². The van der Waals surface area contributed by atoms with Crippen LogP contribution in [0.25, 0.3) is 0 Å². The normalized spacial score (nSPS) is 16.1. The fourth-order valence-corrected chi connectivity index (χ4v) is 3.01. The van der Waals surface area contributed by atoms with Crippen molar-refractivity contribution in [1.29, 1.82) is 0 Å². The number of nitrogens with zero attached hydrogens (tertiary/aromatic N) is 1. The van der Waals surface area contributed by atoms with E-state index in [2.05, 4.69) is 0 Å². The second-order valence-corrected chi connectivity index (χ2v) is 5.77. The van der Waals surface area contributed by atoms with E-state index in [1.165, 1.54) is 18.2 Å². The van der Waals surface area contributed by atoms with Crippen LogP contribution in [0.2, 0.25) is 5.02 Å². The first-order chi connectivity index (χ1) is 7.75. The van der Waals surface area contributed by atoms with Crippen molar-refractivity contribution in [3.63, 3.8) is 0 Å². The molecule has 0 atom stereocenters. The maximum Gasteiger partial charge on any atom is 0.516 e. The first kappa shape index (κ1) is 12.5. The Labute approximate surface area is 101 Å². The summed E-state index contributed by atoms with van der Waals surface area (Å²) in [6.45, 7) is -0.235. The van der Waals surface area contributed by atoms with Gasteiger partial charge in [0.15, 0.2) is 0 Å². The highest BCUT2D eigenvalue weighted by atomic mass is 35.5. The molecular weight excluding hydrogens is 279 g/mol. The van der Waals surface area contributed by atoms with Crippen LogP contribution in [-0.4, -0.2) is 20.5 Å². The fraction of sp³-hybridized carbons (Fsp3) is 0.333. The summed E-state index contributed by atoms with van der Waals surface area (Å²) < 4.78 is 60.2. The van der Waals surface area contributed by atoms with Gasteiger partial charge >= 0.3 is 15.5 Å². The molecule has 1 aromatic rings. The topological polar surface area (TPSA) is 37.4 Å². The minimum atomic E-state index is -5.33. The minimum Gasteiger partial charge on any atom is -0.262 e. The van der Waals surface area contributed by atoms with E-state index in [9.17, 15) is 21.6 Å². The molecule has 0 radical (unpaired) electrons. The summed E-state index contributed by atoms with van der Waals surface area (Å²) in [4.78, 5) is 0. The van der Waals surface area contributed by atoms with Gasteiger partial charge in [0.25, 0.3) is 0 Å². The number of fused-ring (bicyclic) bond motifs is 1. The number of rotatable bonds is 1. The Morgan fingerprint density at radius 3 is 2.53 bits per heavy atom. The molecule has 3 nitrogen and oxygen atoms in total. The Hall–Kier alpha value is -0.950. The third-order valence-corrected chi connectivity index (χ3v) is 4.41. The minimum absolute atomic E-state index is 0.00910. The first-order valence-corrected chi connectivity index (χ1v) is 6.43. The van der Waals surface area contributed by atoms with E-state index in [0.29, 0.717) is 9.87 Å². The molecule has 0 amide bonds. The predicted octanol–water partition coefficient (Wildman–Crippen LogP) is 2.55. The van der Waals surface area contributed by atoms with Gasteiger partial charge in [0.1, 0.15) is 0 Å². The second kappa shape index (κ2) is 3.78. The standard InChI is InChI=1S/C9H7ClF3NO2S/c10-7-2-1-3-8-6(7)4-5-14(8)17(15,16)9(11,12)13/h1-3H,4-5H2. The molecule has 0 aliphatic carbocycles. The maximum atomic E-state index is 12.4. The molecule has 0 fully saturated rings. The molecule has 0 aromatic heterocycles. The van der Waals surface area contributed by atoms with Crippen molar-refractivity contribution in [1.82, 2.24) is 0 Å². The Kier molecular flexibility index (Phi) is 2.78. The molecule has 1 heterocycles. The van der Waals surface area contributed by atoms with Crippen molar-refractivity contribution in [2.45, 2.75) is 11.9 Å². The van der Waals surface area contributed by atoms with Gasteiger partial charge < -0.3 is 0 Å². The molecule has 1 aliphatic heterocycles. The Morgan fingerprint density at radius 2 is 1.94 bits per heavy atom. The van der Waals surface area contributed by atoms with Crippen LogP contribution in [0.15, 0.2) is 18.2 Å². The second-order valence-electron chi connectivity index (χ2n) is 3.51. The lowest BCUT2D eigenvalue weighted by atomic mass is 10.2. The molecule has 0 N–H and O–H groups in total. The van der Waals surface area contributed by atoms with Gasteiger partial charge in [-0.05, 0) is 24.1 Å². The molecule has 0 saturated carbocycles. The van der Waals surface area contributed by atoms with Gasteiger partial charge in [-0.1, -0.05) is 17.7 Å². The van der Waals surface area contributed by atoms with Crippen LogP contribution in [0, 0.1) is 0 Å². The highest BCUT2D eigenvalue weighted by molar-refractivity contribution is 7.93. The Bertz CT molecular complexity index is 556. The summed E-state index contributed by atoms with van der Waals surface area (Å²) in [7, 11) is -5.33. The van der Waals surface area contributed by atoms with E-state index >= 15 is 0 Å². The summed E-state index contributed by atoms with van der Waals surface area (Å²) in [5, 5.41) is 0.280. The van der Waals surface area contributed by atoms with Crippen molar-refractivity contribution >= 4 is 27.3 Å². The number of halogens is 4. The van der Waals surface area contributed by atoms with Crippen LogP contribution in [-0.2, 0) is 16.4 Å². The van der Waals surface area contributed by atoms with Crippen LogP contribution in [0.1, 0.15) is 5.56 Å². The summed E-state index contributed by atoms with van der Waals surface area (Å²) >= 11 is 5.80. The fourth-order valence-electron chi connectivity index (χ4n) is 1.74. The van der Waals surface area contributed by atoms with Gasteiger partial charge in [-0.3, -0.25) is 4.31 Å².